The van der Waals surface area contributed by atoms with Crippen molar-refractivity contribution < 1.29 is 28.1 Å². The summed E-state index contributed by atoms with van der Waals surface area (Å²) in [6, 6.07) is 13.1. The summed E-state index contributed by atoms with van der Waals surface area (Å²) in [5.41, 5.74) is 0.877. The molecule has 0 saturated carbocycles. The third kappa shape index (κ3) is 4.71. The van der Waals surface area contributed by atoms with Gasteiger partial charge in [0.1, 0.15) is 23.9 Å². The molecule has 0 saturated heterocycles. The molecule has 0 aliphatic heterocycles. The molecule has 0 aliphatic rings. The van der Waals surface area contributed by atoms with E-state index in [1.807, 2.05) is 6.92 Å². The van der Waals surface area contributed by atoms with Crippen molar-refractivity contribution in [1.29, 1.82) is 0 Å². The third-order valence-corrected chi connectivity index (χ3v) is 4.63. The summed E-state index contributed by atoms with van der Waals surface area (Å²) in [4.78, 5) is 0. The Morgan fingerprint density at radius 3 is 2.31 bits per heavy atom. The van der Waals surface area contributed by atoms with Crippen LogP contribution in [0.5, 0.6) is 11.5 Å². The van der Waals surface area contributed by atoms with E-state index in [-0.39, 0.29) is 23.5 Å². The normalized spacial score (nSPS) is 12.0. The molecule has 6 heteroatoms. The molecule has 0 fully saturated rings. The van der Waals surface area contributed by atoms with Crippen molar-refractivity contribution >= 4 is 0 Å². The Morgan fingerprint density at radius 1 is 0.931 bits per heavy atom. The number of benzene rings is 3. The maximum absolute atomic E-state index is 14.3. The summed E-state index contributed by atoms with van der Waals surface area (Å²) < 4.78 is 48.0. The molecular formula is C23H21F3O3. The Bertz CT molecular complexity index is 987. The van der Waals surface area contributed by atoms with Crippen molar-refractivity contribution in [3.05, 3.63) is 83.2 Å². The zero-order valence-corrected chi connectivity index (χ0v) is 15.8. The monoisotopic (exact) mass is 402 g/mol. The largest absolute Gasteiger partial charge is 0.508 e. The van der Waals surface area contributed by atoms with Crippen LogP contribution in [0, 0.1) is 17.5 Å². The first-order chi connectivity index (χ1) is 13.9. The fourth-order valence-electron chi connectivity index (χ4n) is 3.03. The summed E-state index contributed by atoms with van der Waals surface area (Å²) in [5, 5.41) is 19.2. The lowest BCUT2D eigenvalue weighted by atomic mass is 10.0. The molecule has 0 aliphatic carbocycles. The minimum atomic E-state index is -1.06. The first-order valence-corrected chi connectivity index (χ1v) is 9.27. The van der Waals surface area contributed by atoms with Gasteiger partial charge in [0.2, 0.25) is 0 Å². The molecule has 0 aromatic heterocycles. The molecule has 0 radical (unpaired) electrons. The van der Waals surface area contributed by atoms with Gasteiger partial charge in [-0.1, -0.05) is 37.6 Å². The smallest absolute Gasteiger partial charge is 0.165 e. The molecule has 0 bridgehead atoms. The van der Waals surface area contributed by atoms with Gasteiger partial charge in [0, 0.05) is 22.8 Å². The minimum absolute atomic E-state index is 0.0311. The van der Waals surface area contributed by atoms with Crippen LogP contribution in [0.4, 0.5) is 13.2 Å². The van der Waals surface area contributed by atoms with Gasteiger partial charge in [0.05, 0.1) is 6.10 Å². The number of hydrogen-bond donors (Lipinski definition) is 2. The van der Waals surface area contributed by atoms with Gasteiger partial charge in [-0.25, -0.2) is 13.2 Å². The van der Waals surface area contributed by atoms with E-state index in [9.17, 15) is 23.4 Å². The predicted molar refractivity (Wildman–Crippen MR) is 104 cm³/mol. The van der Waals surface area contributed by atoms with E-state index in [2.05, 4.69) is 0 Å². The van der Waals surface area contributed by atoms with Gasteiger partial charge in [0.15, 0.2) is 11.6 Å². The van der Waals surface area contributed by atoms with Gasteiger partial charge >= 0.3 is 0 Å². The summed E-state index contributed by atoms with van der Waals surface area (Å²) in [6.45, 7) is 1.65. The van der Waals surface area contributed by atoms with Crippen LogP contribution in [0.1, 0.15) is 37.0 Å². The van der Waals surface area contributed by atoms with Crippen molar-refractivity contribution in [2.24, 2.45) is 0 Å². The highest BCUT2D eigenvalue weighted by Gasteiger charge is 2.18. The van der Waals surface area contributed by atoms with Crippen LogP contribution in [0.25, 0.3) is 11.1 Å². The van der Waals surface area contributed by atoms with Gasteiger partial charge in [-0.3, -0.25) is 0 Å². The zero-order valence-electron chi connectivity index (χ0n) is 15.8. The number of aliphatic hydroxyl groups is 1. The Balaban J connectivity index is 1.71. The molecule has 3 rings (SSSR count). The second-order valence-electron chi connectivity index (χ2n) is 6.72. The minimum Gasteiger partial charge on any atom is -0.508 e. The number of phenolic OH excluding ortho intramolecular Hbond substituents is 1. The Morgan fingerprint density at radius 2 is 1.66 bits per heavy atom. The van der Waals surface area contributed by atoms with Gasteiger partial charge in [-0.15, -0.1) is 0 Å². The summed E-state index contributed by atoms with van der Waals surface area (Å²) in [5.74, 6) is -2.41. The number of halogens is 3. The van der Waals surface area contributed by atoms with Crippen LogP contribution in [0.2, 0.25) is 0 Å². The number of hydrogen-bond acceptors (Lipinski definition) is 3. The van der Waals surface area contributed by atoms with Crippen molar-refractivity contribution in [2.75, 3.05) is 0 Å². The van der Waals surface area contributed by atoms with Gasteiger partial charge < -0.3 is 14.9 Å². The molecular weight excluding hydrogens is 381 g/mol. The van der Waals surface area contributed by atoms with E-state index < -0.39 is 23.6 Å². The fraction of sp³-hybridized carbons (Fsp3) is 0.217. The SMILES string of the molecule is CCCC(O)c1ccc(COc2ccc(-c3ccc(O)cc3F)cc2)c(F)c1F. The highest BCUT2D eigenvalue weighted by Crippen LogP contribution is 2.29. The molecule has 1 atom stereocenters. The first-order valence-electron chi connectivity index (χ1n) is 9.27. The topological polar surface area (TPSA) is 49.7 Å². The van der Waals surface area contributed by atoms with Crippen molar-refractivity contribution in [2.45, 2.75) is 32.5 Å². The van der Waals surface area contributed by atoms with Crippen molar-refractivity contribution in [3.63, 3.8) is 0 Å². The highest BCUT2D eigenvalue weighted by molar-refractivity contribution is 5.65. The van der Waals surface area contributed by atoms with Crippen LogP contribution < -0.4 is 4.74 Å². The highest BCUT2D eigenvalue weighted by atomic mass is 19.2. The van der Waals surface area contributed by atoms with Crippen LogP contribution >= 0.6 is 0 Å². The number of aromatic hydroxyl groups is 1. The van der Waals surface area contributed by atoms with E-state index in [1.54, 1.807) is 24.3 Å². The number of aliphatic hydroxyl groups excluding tert-OH is 1. The predicted octanol–water partition coefficient (Wildman–Crippen LogP) is 5.89. The number of rotatable bonds is 7. The molecule has 0 heterocycles. The average Bonchev–Trinajstić information content (AvgIpc) is 2.70. The second-order valence-corrected chi connectivity index (χ2v) is 6.72. The lowest BCUT2D eigenvalue weighted by Gasteiger charge is -2.14. The van der Waals surface area contributed by atoms with Crippen LogP contribution in [0.15, 0.2) is 54.6 Å². The fourth-order valence-corrected chi connectivity index (χ4v) is 3.03. The van der Waals surface area contributed by atoms with Gasteiger partial charge in [0.25, 0.3) is 0 Å². The quantitative estimate of drug-likeness (QED) is 0.518. The van der Waals surface area contributed by atoms with E-state index in [4.69, 9.17) is 4.74 Å². The first kappa shape index (κ1) is 20.7. The lowest BCUT2D eigenvalue weighted by Crippen LogP contribution is -2.07. The van der Waals surface area contributed by atoms with Gasteiger partial charge in [-0.2, -0.15) is 0 Å². The maximum Gasteiger partial charge on any atom is 0.165 e. The number of phenols is 1. The summed E-state index contributed by atoms with van der Waals surface area (Å²) in [6.07, 6.45) is -0.0468. The third-order valence-electron chi connectivity index (χ3n) is 4.63. The van der Waals surface area contributed by atoms with Crippen LogP contribution in [0.3, 0.4) is 0 Å². The molecule has 3 aromatic rings. The Labute approximate surface area is 167 Å². The summed E-state index contributed by atoms with van der Waals surface area (Å²) in [7, 11) is 0. The Hall–Kier alpha value is -2.99. The van der Waals surface area contributed by atoms with E-state index in [1.165, 1.54) is 24.3 Å². The molecule has 2 N–H and O–H groups in total. The standard InChI is InChI=1S/C23H21F3O3/c1-2-3-21(28)19-10-6-15(22(25)23(19)26)13-29-17-8-4-14(5-9-17)18-11-7-16(27)12-20(18)24/h4-12,21,27-28H,2-3,13H2,1H3. The zero-order chi connectivity index (χ0) is 21.0. The van der Waals surface area contributed by atoms with Crippen LogP contribution in [-0.4, -0.2) is 10.2 Å². The summed E-state index contributed by atoms with van der Waals surface area (Å²) >= 11 is 0. The van der Waals surface area contributed by atoms with Gasteiger partial charge in [-0.05, 0) is 36.2 Å². The number of ether oxygens (including phenoxy) is 1. The van der Waals surface area contributed by atoms with E-state index in [0.29, 0.717) is 29.7 Å². The molecule has 3 aromatic carbocycles. The average molecular weight is 402 g/mol. The molecule has 152 valence electrons. The molecule has 0 amide bonds. The van der Waals surface area contributed by atoms with Crippen LogP contribution in [-0.2, 0) is 6.61 Å². The van der Waals surface area contributed by atoms with E-state index >= 15 is 0 Å². The lowest BCUT2D eigenvalue weighted by molar-refractivity contribution is 0.160. The Kier molecular flexibility index (Phi) is 6.44. The van der Waals surface area contributed by atoms with Crippen molar-refractivity contribution in [1.82, 2.24) is 0 Å². The molecule has 0 spiro atoms. The van der Waals surface area contributed by atoms with E-state index in [0.717, 1.165) is 6.07 Å². The maximum atomic E-state index is 14.3. The molecule has 3 nitrogen and oxygen atoms in total. The molecule has 29 heavy (non-hydrogen) atoms. The van der Waals surface area contributed by atoms with Crippen molar-refractivity contribution in [3.8, 4) is 22.6 Å². The molecule has 1 unspecified atom stereocenters. The second kappa shape index (κ2) is 9.01.